The summed E-state index contributed by atoms with van der Waals surface area (Å²) in [6.07, 6.45) is 5.21. The van der Waals surface area contributed by atoms with Gasteiger partial charge >= 0.3 is 0 Å². The maximum atomic E-state index is 12.1. The minimum atomic E-state index is -0.593. The molecule has 3 fully saturated rings. The molecular formula is C11H14N2O. The summed E-state index contributed by atoms with van der Waals surface area (Å²) < 4.78 is 0. The highest BCUT2D eigenvalue weighted by atomic mass is 16.2. The molecule has 0 N–H and O–H groups in total. The molecule has 1 saturated heterocycles. The van der Waals surface area contributed by atoms with Gasteiger partial charge in [-0.25, -0.2) is 0 Å². The van der Waals surface area contributed by atoms with E-state index in [4.69, 9.17) is 5.26 Å². The molecule has 3 aliphatic rings. The van der Waals surface area contributed by atoms with Gasteiger partial charge < -0.3 is 4.90 Å². The van der Waals surface area contributed by atoms with E-state index in [0.29, 0.717) is 6.04 Å². The molecule has 3 heteroatoms. The quantitative estimate of drug-likeness (QED) is 0.625. The van der Waals surface area contributed by atoms with Gasteiger partial charge in [0.05, 0.1) is 6.07 Å². The van der Waals surface area contributed by atoms with E-state index in [1.165, 1.54) is 12.8 Å². The molecule has 1 amide bonds. The van der Waals surface area contributed by atoms with Crippen LogP contribution in [0.4, 0.5) is 0 Å². The van der Waals surface area contributed by atoms with Gasteiger partial charge in [-0.15, -0.1) is 0 Å². The van der Waals surface area contributed by atoms with Crippen molar-refractivity contribution in [2.75, 3.05) is 6.54 Å². The molecular weight excluding hydrogens is 176 g/mol. The molecule has 14 heavy (non-hydrogen) atoms. The summed E-state index contributed by atoms with van der Waals surface area (Å²) in [6.45, 7) is 0.924. The first-order chi connectivity index (χ1) is 6.75. The number of piperidine rings is 1. The average Bonchev–Trinajstić information content (AvgIpc) is 2.73. The summed E-state index contributed by atoms with van der Waals surface area (Å²) in [7, 11) is 0. The van der Waals surface area contributed by atoms with E-state index in [-0.39, 0.29) is 5.91 Å². The number of hydrogen-bond donors (Lipinski definition) is 0. The number of rotatable bonds is 1. The maximum Gasteiger partial charge on any atom is 0.243 e. The van der Waals surface area contributed by atoms with Gasteiger partial charge in [0.2, 0.25) is 5.91 Å². The molecule has 3 rings (SSSR count). The largest absolute Gasteiger partial charge is 0.338 e. The summed E-state index contributed by atoms with van der Waals surface area (Å²) in [5.74, 6) is 0.866. The molecule has 2 unspecified atom stereocenters. The second kappa shape index (κ2) is 2.50. The van der Waals surface area contributed by atoms with E-state index in [0.717, 1.165) is 31.7 Å². The van der Waals surface area contributed by atoms with Gasteiger partial charge in [-0.05, 0) is 38.0 Å². The zero-order valence-corrected chi connectivity index (χ0v) is 8.20. The third kappa shape index (κ3) is 0.943. The molecule has 3 nitrogen and oxygen atoms in total. The van der Waals surface area contributed by atoms with Crippen LogP contribution in [0.2, 0.25) is 0 Å². The normalized spacial score (nSPS) is 36.9. The number of hydrogen-bond acceptors (Lipinski definition) is 2. The fraction of sp³-hybridized carbons (Fsp3) is 0.818. The average molecular weight is 190 g/mol. The Labute approximate surface area is 83.7 Å². The minimum Gasteiger partial charge on any atom is -0.338 e. The zero-order valence-electron chi connectivity index (χ0n) is 8.20. The molecule has 0 radical (unpaired) electrons. The van der Waals surface area contributed by atoms with Gasteiger partial charge in [0.15, 0.2) is 0 Å². The van der Waals surface area contributed by atoms with Gasteiger partial charge in [0.25, 0.3) is 0 Å². The zero-order chi connectivity index (χ0) is 9.76. The lowest BCUT2D eigenvalue weighted by Gasteiger charge is -2.28. The van der Waals surface area contributed by atoms with Crippen LogP contribution >= 0.6 is 0 Å². The van der Waals surface area contributed by atoms with Crippen LogP contribution in [-0.2, 0) is 4.79 Å². The Bertz CT molecular complexity index is 327. The molecule has 2 saturated carbocycles. The molecule has 0 aromatic heterocycles. The van der Waals surface area contributed by atoms with E-state index in [9.17, 15) is 4.79 Å². The maximum absolute atomic E-state index is 12.1. The van der Waals surface area contributed by atoms with Gasteiger partial charge in [-0.2, -0.15) is 5.26 Å². The van der Waals surface area contributed by atoms with Crippen LogP contribution in [0.3, 0.4) is 0 Å². The Kier molecular flexibility index (Phi) is 1.48. The van der Waals surface area contributed by atoms with Crippen molar-refractivity contribution < 1.29 is 4.79 Å². The molecule has 0 aromatic rings. The van der Waals surface area contributed by atoms with Crippen molar-refractivity contribution >= 4 is 5.91 Å². The van der Waals surface area contributed by atoms with Crippen molar-refractivity contribution in [3.8, 4) is 6.07 Å². The van der Waals surface area contributed by atoms with E-state index in [1.807, 2.05) is 4.90 Å². The van der Waals surface area contributed by atoms with Gasteiger partial charge in [0, 0.05) is 12.6 Å². The fourth-order valence-corrected chi connectivity index (χ4v) is 2.95. The molecule has 2 atom stereocenters. The van der Waals surface area contributed by atoms with Crippen molar-refractivity contribution in [2.24, 2.45) is 11.3 Å². The Morgan fingerprint density at radius 1 is 1.43 bits per heavy atom. The highest BCUT2D eigenvalue weighted by Crippen LogP contribution is 2.49. The van der Waals surface area contributed by atoms with Crippen LogP contribution in [0.5, 0.6) is 0 Å². The van der Waals surface area contributed by atoms with Crippen LogP contribution in [0.15, 0.2) is 0 Å². The Balaban J connectivity index is 1.78. The van der Waals surface area contributed by atoms with Gasteiger partial charge in [-0.1, -0.05) is 0 Å². The molecule has 2 aliphatic carbocycles. The second-order valence-corrected chi connectivity index (χ2v) is 4.98. The third-order valence-corrected chi connectivity index (χ3v) is 4.04. The Hall–Kier alpha value is -1.04. The number of likely N-dealkylation sites (tertiary alicyclic amines) is 1. The summed E-state index contributed by atoms with van der Waals surface area (Å²) >= 11 is 0. The van der Waals surface area contributed by atoms with Crippen molar-refractivity contribution in [3.05, 3.63) is 0 Å². The lowest BCUT2D eigenvalue weighted by molar-refractivity contribution is -0.136. The third-order valence-electron chi connectivity index (χ3n) is 4.04. The molecule has 74 valence electrons. The number of amides is 1. The van der Waals surface area contributed by atoms with Crippen LogP contribution in [-0.4, -0.2) is 23.4 Å². The van der Waals surface area contributed by atoms with Crippen molar-refractivity contribution in [1.29, 1.82) is 5.26 Å². The number of nitrogens with zero attached hydrogens (tertiary/aromatic N) is 2. The predicted octanol–water partition coefficient (Wildman–Crippen LogP) is 1.30. The molecule has 1 heterocycles. The number of fused-ring (bicyclic) bond motifs is 2. The number of carbonyl (C=O) groups is 1. The van der Waals surface area contributed by atoms with Crippen LogP contribution in [0.25, 0.3) is 0 Å². The van der Waals surface area contributed by atoms with Gasteiger partial charge in [-0.3, -0.25) is 4.79 Å². The lowest BCUT2D eigenvalue weighted by Crippen LogP contribution is -2.41. The lowest BCUT2D eigenvalue weighted by atomic mass is 10.0. The molecule has 0 aromatic carbocycles. The smallest absolute Gasteiger partial charge is 0.243 e. The first-order valence-electron chi connectivity index (χ1n) is 5.47. The highest BCUT2D eigenvalue weighted by Gasteiger charge is 2.55. The Morgan fingerprint density at radius 2 is 2.21 bits per heavy atom. The fourth-order valence-electron chi connectivity index (χ4n) is 2.95. The molecule has 1 aliphatic heterocycles. The summed E-state index contributed by atoms with van der Waals surface area (Å²) in [6, 6.07) is 2.67. The van der Waals surface area contributed by atoms with E-state index >= 15 is 0 Å². The predicted molar refractivity (Wildman–Crippen MR) is 50.1 cm³/mol. The first-order valence-corrected chi connectivity index (χ1v) is 5.47. The standard InChI is InChI=1S/C11H14N2O/c12-7-11(3-4-11)10(14)13-6-8-1-2-9(13)5-8/h8-9H,1-6H2. The van der Waals surface area contributed by atoms with Crippen LogP contribution in [0.1, 0.15) is 32.1 Å². The SMILES string of the molecule is N#CC1(C(=O)N2CC3CCC2C3)CC1. The van der Waals surface area contributed by atoms with Crippen molar-refractivity contribution in [3.63, 3.8) is 0 Å². The topological polar surface area (TPSA) is 44.1 Å². The monoisotopic (exact) mass is 190 g/mol. The number of nitriles is 1. The van der Waals surface area contributed by atoms with Crippen molar-refractivity contribution in [1.82, 2.24) is 4.90 Å². The minimum absolute atomic E-state index is 0.132. The Morgan fingerprint density at radius 3 is 2.64 bits per heavy atom. The first kappa shape index (κ1) is 8.28. The second-order valence-electron chi connectivity index (χ2n) is 4.98. The van der Waals surface area contributed by atoms with Gasteiger partial charge in [0.1, 0.15) is 5.41 Å². The molecule has 0 spiro atoms. The summed E-state index contributed by atoms with van der Waals surface area (Å²) in [4.78, 5) is 14.0. The number of carbonyl (C=O) groups excluding carboxylic acids is 1. The van der Waals surface area contributed by atoms with Crippen molar-refractivity contribution in [2.45, 2.75) is 38.1 Å². The van der Waals surface area contributed by atoms with E-state index in [1.54, 1.807) is 0 Å². The van der Waals surface area contributed by atoms with Crippen LogP contribution in [0, 0.1) is 22.7 Å². The summed E-state index contributed by atoms with van der Waals surface area (Å²) in [5, 5.41) is 8.96. The molecule has 2 bridgehead atoms. The highest BCUT2D eigenvalue weighted by molar-refractivity contribution is 5.88. The van der Waals surface area contributed by atoms with Crippen LogP contribution < -0.4 is 0 Å². The summed E-state index contributed by atoms with van der Waals surface area (Å²) in [5.41, 5.74) is -0.593. The van der Waals surface area contributed by atoms with E-state index < -0.39 is 5.41 Å². The van der Waals surface area contributed by atoms with E-state index in [2.05, 4.69) is 6.07 Å².